The van der Waals surface area contributed by atoms with Crippen LogP contribution in [0, 0.1) is 0 Å². The van der Waals surface area contributed by atoms with Crippen molar-refractivity contribution >= 4 is 17.8 Å². The first-order valence-corrected chi connectivity index (χ1v) is 9.23. The second kappa shape index (κ2) is 6.31. The molecule has 0 radical (unpaired) electrons. The second-order valence-electron chi connectivity index (χ2n) is 5.41. The maximum atomic E-state index is 13.6. The number of benzene rings is 2. The van der Waals surface area contributed by atoms with Crippen molar-refractivity contribution in [3.05, 3.63) is 77.8 Å². The summed E-state index contributed by atoms with van der Waals surface area (Å²) in [4.78, 5) is 0. The molecule has 0 heterocycles. The highest BCUT2D eigenvalue weighted by Crippen LogP contribution is 2.44. The van der Waals surface area contributed by atoms with Gasteiger partial charge in [0.15, 0.2) is 7.14 Å². The van der Waals surface area contributed by atoms with Crippen molar-refractivity contribution in [3.63, 3.8) is 0 Å². The molecule has 1 aliphatic carbocycles. The fourth-order valence-electron chi connectivity index (χ4n) is 2.73. The summed E-state index contributed by atoms with van der Waals surface area (Å²) in [6.45, 7) is 0. The average molecular weight is 294 g/mol. The van der Waals surface area contributed by atoms with Crippen LogP contribution in [0.15, 0.2) is 77.8 Å². The fraction of sp³-hybridized carbons (Fsp3) is 0.211. The Kier molecular flexibility index (Phi) is 4.25. The molecule has 2 aromatic rings. The van der Waals surface area contributed by atoms with Crippen molar-refractivity contribution in [1.82, 2.24) is 0 Å². The Bertz CT molecular complexity index is 658. The van der Waals surface area contributed by atoms with Crippen molar-refractivity contribution < 1.29 is 4.57 Å². The molecule has 0 bridgehead atoms. The van der Waals surface area contributed by atoms with E-state index in [9.17, 15) is 4.57 Å². The quantitative estimate of drug-likeness (QED) is 0.596. The summed E-state index contributed by atoms with van der Waals surface area (Å²) < 4.78 is 13.6. The topological polar surface area (TPSA) is 17.1 Å². The molecule has 2 heteroatoms. The molecule has 0 aliphatic heterocycles. The third kappa shape index (κ3) is 3.10. The lowest BCUT2D eigenvalue weighted by Gasteiger charge is -2.14. The van der Waals surface area contributed by atoms with E-state index < -0.39 is 7.14 Å². The summed E-state index contributed by atoms with van der Waals surface area (Å²) in [5, 5.41) is 1.75. The van der Waals surface area contributed by atoms with Crippen LogP contribution in [0.2, 0.25) is 0 Å². The van der Waals surface area contributed by atoms with Gasteiger partial charge >= 0.3 is 0 Å². The molecule has 1 saturated carbocycles. The highest BCUT2D eigenvalue weighted by molar-refractivity contribution is 7.81. The van der Waals surface area contributed by atoms with Gasteiger partial charge in [-0.05, 0) is 31.3 Å². The molecule has 1 aliphatic rings. The van der Waals surface area contributed by atoms with E-state index in [1.807, 2.05) is 66.5 Å². The van der Waals surface area contributed by atoms with Crippen LogP contribution in [-0.4, -0.2) is 0 Å². The van der Waals surface area contributed by atoms with E-state index in [-0.39, 0.29) is 0 Å². The zero-order valence-corrected chi connectivity index (χ0v) is 12.9. The number of rotatable bonds is 3. The van der Waals surface area contributed by atoms with E-state index in [0.717, 1.165) is 23.5 Å². The summed E-state index contributed by atoms with van der Waals surface area (Å²) in [6, 6.07) is 19.5. The number of hydrogen-bond donors (Lipinski definition) is 0. The zero-order valence-electron chi connectivity index (χ0n) is 12.0. The molecule has 21 heavy (non-hydrogen) atoms. The molecule has 0 N–H and O–H groups in total. The Morgan fingerprint density at radius 3 is 1.76 bits per heavy atom. The van der Waals surface area contributed by atoms with Crippen LogP contribution < -0.4 is 10.6 Å². The number of allylic oxidation sites excluding steroid dienone is 1. The van der Waals surface area contributed by atoms with Crippen molar-refractivity contribution in [3.8, 4) is 0 Å². The molecule has 1 nitrogen and oxygen atoms in total. The first-order valence-electron chi connectivity index (χ1n) is 7.46. The average Bonchev–Trinajstić information content (AvgIpc) is 3.08. The summed E-state index contributed by atoms with van der Waals surface area (Å²) in [6.07, 6.45) is 4.66. The van der Waals surface area contributed by atoms with Crippen LogP contribution in [0.5, 0.6) is 0 Å². The van der Waals surface area contributed by atoms with E-state index in [0.29, 0.717) is 0 Å². The van der Waals surface area contributed by atoms with Crippen molar-refractivity contribution in [2.45, 2.75) is 25.7 Å². The van der Waals surface area contributed by atoms with Gasteiger partial charge in [0.1, 0.15) is 0 Å². The summed E-state index contributed by atoms with van der Waals surface area (Å²) in [5.74, 6) is 1.83. The molecule has 3 rings (SSSR count). The van der Waals surface area contributed by atoms with E-state index in [1.165, 1.54) is 18.4 Å². The molecular formula is C19H19OP. The molecule has 0 amide bonds. The van der Waals surface area contributed by atoms with Gasteiger partial charge in [-0.2, -0.15) is 0 Å². The van der Waals surface area contributed by atoms with Gasteiger partial charge in [-0.1, -0.05) is 60.7 Å². The predicted octanol–water partition coefficient (Wildman–Crippen LogP) is 4.61. The van der Waals surface area contributed by atoms with Gasteiger partial charge in [-0.3, -0.25) is 0 Å². The summed E-state index contributed by atoms with van der Waals surface area (Å²) in [5.41, 5.74) is 4.66. The van der Waals surface area contributed by atoms with Crippen molar-refractivity contribution in [2.75, 3.05) is 0 Å². The predicted molar refractivity (Wildman–Crippen MR) is 89.8 cm³/mol. The van der Waals surface area contributed by atoms with Gasteiger partial charge in [-0.15, -0.1) is 5.73 Å². The van der Waals surface area contributed by atoms with E-state index >= 15 is 0 Å². The monoisotopic (exact) mass is 294 g/mol. The normalized spacial score (nSPS) is 14.8. The maximum absolute atomic E-state index is 13.6. The van der Waals surface area contributed by atoms with Gasteiger partial charge in [0.2, 0.25) is 0 Å². The molecular weight excluding hydrogens is 275 g/mol. The van der Waals surface area contributed by atoms with E-state index in [1.54, 1.807) is 0 Å². The van der Waals surface area contributed by atoms with Gasteiger partial charge in [0, 0.05) is 16.4 Å². The molecule has 0 atom stereocenters. The maximum Gasteiger partial charge on any atom is 0.171 e. The Morgan fingerprint density at radius 1 is 0.810 bits per heavy atom. The molecule has 0 spiro atoms. The van der Waals surface area contributed by atoms with Gasteiger partial charge in [0.25, 0.3) is 0 Å². The lowest BCUT2D eigenvalue weighted by Crippen LogP contribution is -2.13. The Morgan fingerprint density at radius 2 is 1.29 bits per heavy atom. The minimum Gasteiger partial charge on any atom is -0.309 e. The first kappa shape index (κ1) is 14.1. The Balaban J connectivity index is 2.12. The SMILES string of the molecule is O=P(C=C=C1CCCC1)(c1ccccc1)c1ccccc1. The van der Waals surface area contributed by atoms with Crippen molar-refractivity contribution in [2.24, 2.45) is 0 Å². The van der Waals surface area contributed by atoms with E-state index in [2.05, 4.69) is 5.73 Å². The van der Waals surface area contributed by atoms with Gasteiger partial charge in [0.05, 0.1) is 0 Å². The van der Waals surface area contributed by atoms with Gasteiger partial charge < -0.3 is 4.57 Å². The molecule has 0 unspecified atom stereocenters. The Labute approximate surface area is 126 Å². The number of hydrogen-bond acceptors (Lipinski definition) is 1. The van der Waals surface area contributed by atoms with Crippen LogP contribution in [0.25, 0.3) is 0 Å². The lowest BCUT2D eigenvalue weighted by molar-refractivity contribution is 0.592. The fourth-order valence-corrected chi connectivity index (χ4v) is 4.92. The highest BCUT2D eigenvalue weighted by Gasteiger charge is 2.23. The smallest absolute Gasteiger partial charge is 0.171 e. The standard InChI is InChI=1S/C19H19OP/c20-21(18-11-3-1-4-12-18,19-13-5-2-6-14-19)16-15-17-9-7-8-10-17/h1-6,11-14,16H,7-10H2. The molecule has 106 valence electrons. The van der Waals surface area contributed by atoms with Crippen LogP contribution in [0.4, 0.5) is 0 Å². The molecule has 1 fully saturated rings. The van der Waals surface area contributed by atoms with E-state index in [4.69, 9.17) is 0 Å². The molecule has 2 aromatic carbocycles. The molecule has 0 aromatic heterocycles. The van der Waals surface area contributed by atoms with Crippen LogP contribution in [0.3, 0.4) is 0 Å². The zero-order chi connectivity index (χ0) is 14.5. The third-order valence-corrected chi connectivity index (χ3v) is 6.56. The minimum absolute atomic E-state index is 0.877. The first-order chi connectivity index (χ1) is 10.3. The van der Waals surface area contributed by atoms with Crippen LogP contribution in [0.1, 0.15) is 25.7 Å². The lowest BCUT2D eigenvalue weighted by atomic mass is 10.2. The second-order valence-corrected chi connectivity index (χ2v) is 8.02. The van der Waals surface area contributed by atoms with Crippen molar-refractivity contribution in [1.29, 1.82) is 0 Å². The Hall–Kier alpha value is -1.81. The minimum atomic E-state index is -2.73. The summed E-state index contributed by atoms with van der Waals surface area (Å²) in [7, 11) is -2.73. The van der Waals surface area contributed by atoms with Crippen LogP contribution >= 0.6 is 7.14 Å². The van der Waals surface area contributed by atoms with Crippen LogP contribution in [-0.2, 0) is 4.57 Å². The van der Waals surface area contributed by atoms with Gasteiger partial charge in [-0.25, -0.2) is 0 Å². The third-order valence-electron chi connectivity index (χ3n) is 3.94. The highest BCUT2D eigenvalue weighted by atomic mass is 31.2. The summed E-state index contributed by atoms with van der Waals surface area (Å²) >= 11 is 0. The molecule has 0 saturated heterocycles. The largest absolute Gasteiger partial charge is 0.309 e.